The van der Waals surface area contributed by atoms with Crippen LogP contribution in [0.5, 0.6) is 0 Å². The maximum atomic E-state index is 12.1. The normalized spacial score (nSPS) is 18.8. The van der Waals surface area contributed by atoms with Crippen molar-refractivity contribution in [2.24, 2.45) is 0 Å². The molecule has 1 fully saturated rings. The molecule has 1 amide bonds. The van der Waals surface area contributed by atoms with Gasteiger partial charge >= 0.3 is 0 Å². The molecular weight excluding hydrogens is 363 g/mol. The molecule has 10 heteroatoms. The van der Waals surface area contributed by atoms with Crippen LogP contribution in [0.25, 0.3) is 0 Å². The number of carbonyl (C=O) groups is 1. The number of carbonyl (C=O) groups excluding carboxylic acids is 1. The summed E-state index contributed by atoms with van der Waals surface area (Å²) in [5.41, 5.74) is 0. The van der Waals surface area contributed by atoms with Crippen molar-refractivity contribution in [3.63, 3.8) is 0 Å². The van der Waals surface area contributed by atoms with E-state index < -0.39 is 16.1 Å². The van der Waals surface area contributed by atoms with E-state index in [0.717, 1.165) is 6.26 Å². The minimum Gasteiger partial charge on any atom is -0.367 e. The standard InChI is InChI=1S/C13H18Cl2N4O3S/c1-23(21,22)19-6-2-3-11(19)13(20)17-5-4-16-12-10(15)7-9(14)8-18-12/h7-8,11H,2-6H2,1H3,(H,16,18)(H,17,20). The second-order valence-corrected chi connectivity index (χ2v) is 8.01. The summed E-state index contributed by atoms with van der Waals surface area (Å²) in [7, 11) is -3.36. The molecule has 7 nitrogen and oxygen atoms in total. The Morgan fingerprint density at radius 3 is 2.83 bits per heavy atom. The number of hydrogen-bond acceptors (Lipinski definition) is 5. The molecule has 128 valence electrons. The van der Waals surface area contributed by atoms with E-state index in [1.165, 1.54) is 10.5 Å². The quantitative estimate of drug-likeness (QED) is 0.726. The molecule has 0 radical (unpaired) electrons. The van der Waals surface area contributed by atoms with Crippen molar-refractivity contribution in [2.75, 3.05) is 31.2 Å². The van der Waals surface area contributed by atoms with Crippen LogP contribution in [-0.2, 0) is 14.8 Å². The molecule has 2 N–H and O–H groups in total. The average Bonchev–Trinajstić information content (AvgIpc) is 2.94. The first-order chi connectivity index (χ1) is 10.8. The molecule has 23 heavy (non-hydrogen) atoms. The lowest BCUT2D eigenvalue weighted by Gasteiger charge is -2.21. The number of nitrogens with one attached hydrogen (secondary N) is 2. The van der Waals surface area contributed by atoms with Gasteiger partial charge in [-0.3, -0.25) is 4.79 Å². The third kappa shape index (κ3) is 4.94. The molecule has 1 aromatic heterocycles. The monoisotopic (exact) mass is 380 g/mol. The smallest absolute Gasteiger partial charge is 0.238 e. The first kappa shape index (κ1) is 18.3. The molecular formula is C13H18Cl2N4O3S. The van der Waals surface area contributed by atoms with Crippen molar-refractivity contribution in [3.05, 3.63) is 22.3 Å². The number of amides is 1. The van der Waals surface area contributed by atoms with E-state index in [-0.39, 0.29) is 5.91 Å². The summed E-state index contributed by atoms with van der Waals surface area (Å²) in [6.45, 7) is 1.12. The van der Waals surface area contributed by atoms with Gasteiger partial charge in [0.15, 0.2) is 0 Å². The molecule has 1 saturated heterocycles. The molecule has 1 unspecified atom stereocenters. The SMILES string of the molecule is CS(=O)(=O)N1CCCC1C(=O)NCCNc1ncc(Cl)cc1Cl. The third-order valence-corrected chi connectivity index (χ3v) is 5.24. The van der Waals surface area contributed by atoms with E-state index >= 15 is 0 Å². The molecule has 1 aliphatic rings. The highest BCUT2D eigenvalue weighted by Gasteiger charge is 2.36. The molecule has 0 aromatic carbocycles. The second-order valence-electron chi connectivity index (χ2n) is 5.23. The molecule has 0 saturated carbocycles. The fraction of sp³-hybridized carbons (Fsp3) is 0.538. The van der Waals surface area contributed by atoms with Gasteiger partial charge in [-0.2, -0.15) is 4.31 Å². The predicted molar refractivity (Wildman–Crippen MR) is 90.3 cm³/mol. The number of sulfonamides is 1. The minimum atomic E-state index is -3.36. The Labute approximate surface area is 145 Å². The lowest BCUT2D eigenvalue weighted by atomic mass is 10.2. The van der Waals surface area contributed by atoms with E-state index in [2.05, 4.69) is 15.6 Å². The van der Waals surface area contributed by atoms with Crippen LogP contribution in [0.2, 0.25) is 10.0 Å². The highest BCUT2D eigenvalue weighted by molar-refractivity contribution is 7.88. The summed E-state index contributed by atoms with van der Waals surface area (Å²) in [4.78, 5) is 16.2. The van der Waals surface area contributed by atoms with Crippen molar-refractivity contribution < 1.29 is 13.2 Å². The number of rotatable bonds is 6. The van der Waals surface area contributed by atoms with Crippen molar-refractivity contribution in [1.82, 2.24) is 14.6 Å². The van der Waals surface area contributed by atoms with Crippen LogP contribution < -0.4 is 10.6 Å². The zero-order chi connectivity index (χ0) is 17.0. The number of nitrogens with zero attached hydrogens (tertiary/aromatic N) is 2. The van der Waals surface area contributed by atoms with Gasteiger partial charge < -0.3 is 10.6 Å². The zero-order valence-electron chi connectivity index (χ0n) is 12.6. The summed E-state index contributed by atoms with van der Waals surface area (Å²) in [6.07, 6.45) is 3.82. The van der Waals surface area contributed by atoms with Crippen LogP contribution in [0.1, 0.15) is 12.8 Å². The molecule has 2 heterocycles. The number of aromatic nitrogens is 1. The average molecular weight is 381 g/mol. The van der Waals surface area contributed by atoms with Gasteiger partial charge in [0.1, 0.15) is 11.9 Å². The molecule has 2 rings (SSSR count). The van der Waals surface area contributed by atoms with E-state index in [1.807, 2.05) is 0 Å². The Morgan fingerprint density at radius 1 is 1.43 bits per heavy atom. The van der Waals surface area contributed by atoms with Gasteiger partial charge in [-0.05, 0) is 18.9 Å². The Kier molecular flexibility index (Phi) is 6.07. The highest BCUT2D eigenvalue weighted by Crippen LogP contribution is 2.22. The van der Waals surface area contributed by atoms with Crippen molar-refractivity contribution in [1.29, 1.82) is 0 Å². The van der Waals surface area contributed by atoms with Crippen molar-refractivity contribution in [3.8, 4) is 0 Å². The Balaban J connectivity index is 1.81. The molecule has 1 aliphatic heterocycles. The van der Waals surface area contributed by atoms with Gasteiger partial charge in [-0.1, -0.05) is 23.2 Å². The van der Waals surface area contributed by atoms with Crippen LogP contribution in [0.4, 0.5) is 5.82 Å². The van der Waals surface area contributed by atoms with E-state index in [1.54, 1.807) is 6.07 Å². The van der Waals surface area contributed by atoms with Crippen molar-refractivity contribution in [2.45, 2.75) is 18.9 Å². The molecule has 0 spiro atoms. The largest absolute Gasteiger partial charge is 0.367 e. The van der Waals surface area contributed by atoms with Crippen molar-refractivity contribution >= 4 is 45.0 Å². The zero-order valence-corrected chi connectivity index (χ0v) is 14.9. The van der Waals surface area contributed by atoms with Crippen LogP contribution in [-0.4, -0.2) is 55.5 Å². The predicted octanol–water partition coefficient (Wildman–Crippen LogP) is 1.34. The van der Waals surface area contributed by atoms with Gasteiger partial charge in [0.25, 0.3) is 0 Å². The van der Waals surface area contributed by atoms with Crippen LogP contribution in [0.3, 0.4) is 0 Å². The Morgan fingerprint density at radius 2 is 2.17 bits per heavy atom. The third-order valence-electron chi connectivity index (χ3n) is 3.46. The summed E-state index contributed by atoms with van der Waals surface area (Å²) in [5.74, 6) is 0.189. The first-order valence-corrected chi connectivity index (χ1v) is 9.69. The number of halogens is 2. The van der Waals surface area contributed by atoms with Gasteiger partial charge in [-0.25, -0.2) is 13.4 Å². The van der Waals surface area contributed by atoms with Gasteiger partial charge in [0.2, 0.25) is 15.9 Å². The fourth-order valence-corrected chi connectivity index (χ4v) is 4.00. The van der Waals surface area contributed by atoms with Gasteiger partial charge in [0, 0.05) is 25.8 Å². The van der Waals surface area contributed by atoms with E-state index in [0.29, 0.717) is 48.3 Å². The van der Waals surface area contributed by atoms with E-state index in [4.69, 9.17) is 23.2 Å². The number of pyridine rings is 1. The molecule has 0 aliphatic carbocycles. The molecule has 1 atom stereocenters. The maximum Gasteiger partial charge on any atom is 0.238 e. The lowest BCUT2D eigenvalue weighted by molar-refractivity contribution is -0.124. The van der Waals surface area contributed by atoms with Gasteiger partial charge in [0.05, 0.1) is 16.3 Å². The summed E-state index contributed by atoms with van der Waals surface area (Å²) < 4.78 is 24.5. The maximum absolute atomic E-state index is 12.1. The molecule has 1 aromatic rings. The molecule has 0 bridgehead atoms. The van der Waals surface area contributed by atoms with Crippen LogP contribution in [0.15, 0.2) is 12.3 Å². The number of anilines is 1. The van der Waals surface area contributed by atoms with Crippen LogP contribution in [0, 0.1) is 0 Å². The van der Waals surface area contributed by atoms with Gasteiger partial charge in [-0.15, -0.1) is 0 Å². The fourth-order valence-electron chi connectivity index (χ4n) is 2.43. The summed E-state index contributed by atoms with van der Waals surface area (Å²) >= 11 is 11.7. The Hall–Kier alpha value is -1.09. The minimum absolute atomic E-state index is 0.287. The topological polar surface area (TPSA) is 91.4 Å². The summed E-state index contributed by atoms with van der Waals surface area (Å²) in [5, 5.41) is 6.53. The van der Waals surface area contributed by atoms with E-state index in [9.17, 15) is 13.2 Å². The second kappa shape index (κ2) is 7.65. The Bertz CT molecular complexity index is 684. The number of hydrogen-bond donors (Lipinski definition) is 2. The lowest BCUT2D eigenvalue weighted by Crippen LogP contribution is -2.46. The van der Waals surface area contributed by atoms with Crippen LogP contribution >= 0.6 is 23.2 Å². The highest BCUT2D eigenvalue weighted by atomic mass is 35.5. The first-order valence-electron chi connectivity index (χ1n) is 7.08. The summed E-state index contributed by atoms with van der Waals surface area (Å²) in [6, 6.07) is 0.946.